The number of ether oxygens (including phenoxy) is 2. The predicted molar refractivity (Wildman–Crippen MR) is 112 cm³/mol. The van der Waals surface area contributed by atoms with E-state index in [1.54, 1.807) is 49.3 Å². The molecule has 1 fully saturated rings. The van der Waals surface area contributed by atoms with Gasteiger partial charge in [0.2, 0.25) is 5.78 Å². The molecule has 164 valence electrons. The first kappa shape index (κ1) is 21.1. The number of furan rings is 1. The average Bonchev–Trinajstić information content (AvgIpc) is 3.34. The Kier molecular flexibility index (Phi) is 6.11. The fourth-order valence-electron chi connectivity index (χ4n) is 4.04. The Morgan fingerprint density at radius 3 is 2.65 bits per heavy atom. The van der Waals surface area contributed by atoms with Gasteiger partial charge < -0.3 is 23.9 Å². The zero-order valence-electron chi connectivity index (χ0n) is 17.7. The molecule has 0 aliphatic carbocycles. The van der Waals surface area contributed by atoms with Gasteiger partial charge in [-0.05, 0) is 36.8 Å². The smallest absolute Gasteiger partial charge is 0.290 e. The molecule has 0 unspecified atom stereocenters. The molecule has 1 atom stereocenters. The van der Waals surface area contributed by atoms with Crippen LogP contribution in [0.4, 0.5) is 0 Å². The summed E-state index contributed by atoms with van der Waals surface area (Å²) in [6.45, 7) is 5.57. The van der Waals surface area contributed by atoms with Crippen molar-refractivity contribution in [1.82, 2.24) is 9.80 Å². The van der Waals surface area contributed by atoms with Crippen molar-refractivity contribution in [3.05, 3.63) is 64.8 Å². The summed E-state index contributed by atoms with van der Waals surface area (Å²) in [5.41, 5.74) is 0.708. The first-order valence-corrected chi connectivity index (χ1v) is 10.3. The van der Waals surface area contributed by atoms with Gasteiger partial charge in [-0.1, -0.05) is 12.1 Å². The molecular formula is C23H26N2O6. The lowest BCUT2D eigenvalue weighted by molar-refractivity contribution is -0.129. The van der Waals surface area contributed by atoms with Crippen LogP contribution in [0.15, 0.2) is 52.1 Å². The third-order valence-electron chi connectivity index (χ3n) is 5.68. The van der Waals surface area contributed by atoms with Gasteiger partial charge in [-0.25, -0.2) is 0 Å². The monoisotopic (exact) mass is 426 g/mol. The van der Waals surface area contributed by atoms with Crippen LogP contribution < -0.4 is 4.74 Å². The van der Waals surface area contributed by atoms with Crippen molar-refractivity contribution in [2.45, 2.75) is 13.0 Å². The van der Waals surface area contributed by atoms with Gasteiger partial charge in [0, 0.05) is 26.2 Å². The molecule has 2 aliphatic rings. The third-order valence-corrected chi connectivity index (χ3v) is 5.68. The zero-order chi connectivity index (χ0) is 22.0. The highest BCUT2D eigenvalue weighted by Crippen LogP contribution is 2.39. The highest BCUT2D eigenvalue weighted by atomic mass is 16.5. The van der Waals surface area contributed by atoms with Gasteiger partial charge in [0.25, 0.3) is 5.91 Å². The molecule has 1 N–H and O–H groups in total. The molecule has 0 saturated carbocycles. The minimum absolute atomic E-state index is 0.0228. The number of aliphatic hydroxyl groups is 1. The highest BCUT2D eigenvalue weighted by Gasteiger charge is 2.44. The summed E-state index contributed by atoms with van der Waals surface area (Å²) in [4.78, 5) is 30.0. The molecule has 8 nitrogen and oxygen atoms in total. The normalized spacial score (nSPS) is 19.9. The number of aryl methyl sites for hydroxylation is 1. The van der Waals surface area contributed by atoms with Crippen LogP contribution in [0.5, 0.6) is 5.75 Å². The first-order chi connectivity index (χ1) is 15.0. The summed E-state index contributed by atoms with van der Waals surface area (Å²) < 4.78 is 16.2. The van der Waals surface area contributed by atoms with Crippen LogP contribution in [-0.2, 0) is 9.53 Å². The topological polar surface area (TPSA) is 92.5 Å². The van der Waals surface area contributed by atoms with Crippen molar-refractivity contribution in [1.29, 1.82) is 0 Å². The summed E-state index contributed by atoms with van der Waals surface area (Å²) in [5.74, 6) is -0.322. The number of aliphatic hydroxyl groups excluding tert-OH is 1. The van der Waals surface area contributed by atoms with E-state index < -0.39 is 23.5 Å². The van der Waals surface area contributed by atoms with E-state index in [0.29, 0.717) is 43.4 Å². The van der Waals surface area contributed by atoms with E-state index >= 15 is 0 Å². The number of morpholine rings is 1. The van der Waals surface area contributed by atoms with Gasteiger partial charge in [0.05, 0.1) is 31.9 Å². The van der Waals surface area contributed by atoms with Crippen molar-refractivity contribution in [2.75, 3.05) is 46.5 Å². The SMILES string of the molecule is COc1cccc([C@H]2C(C(=O)c3ccc(C)o3)=C(O)C(=O)N2CCN2CCOCC2)c1. The second-order valence-electron chi connectivity index (χ2n) is 7.63. The Balaban J connectivity index is 1.69. The number of rotatable bonds is 7. The Labute approximate surface area is 180 Å². The molecule has 4 rings (SSSR count). The number of carbonyl (C=O) groups is 2. The van der Waals surface area contributed by atoms with Crippen molar-refractivity contribution in [2.24, 2.45) is 0 Å². The average molecular weight is 426 g/mol. The second-order valence-corrected chi connectivity index (χ2v) is 7.63. The van der Waals surface area contributed by atoms with Crippen LogP contribution in [0.3, 0.4) is 0 Å². The fraction of sp³-hybridized carbons (Fsp3) is 0.391. The number of hydrogen-bond donors (Lipinski definition) is 1. The van der Waals surface area contributed by atoms with Gasteiger partial charge in [-0.3, -0.25) is 14.5 Å². The summed E-state index contributed by atoms with van der Waals surface area (Å²) in [6, 6.07) is 9.69. The minimum atomic E-state index is -0.735. The van der Waals surface area contributed by atoms with Crippen molar-refractivity contribution < 1.29 is 28.6 Å². The lowest BCUT2D eigenvalue weighted by Crippen LogP contribution is -2.43. The standard InChI is InChI=1S/C23H26N2O6/c1-15-6-7-18(31-15)21(26)19-20(16-4-3-5-17(14-16)29-2)25(23(28)22(19)27)9-8-24-10-12-30-13-11-24/h3-7,14,20,27H,8-13H2,1-2H3/t20-/m0/s1. The summed E-state index contributed by atoms with van der Waals surface area (Å²) in [6.07, 6.45) is 0. The van der Waals surface area contributed by atoms with E-state index in [1.807, 2.05) is 6.07 Å². The number of ketones is 1. The molecule has 1 saturated heterocycles. The Morgan fingerprint density at radius 1 is 1.19 bits per heavy atom. The Morgan fingerprint density at radius 2 is 1.97 bits per heavy atom. The van der Waals surface area contributed by atoms with Gasteiger partial charge in [0.1, 0.15) is 11.5 Å². The lowest BCUT2D eigenvalue weighted by atomic mass is 9.95. The molecule has 31 heavy (non-hydrogen) atoms. The maximum absolute atomic E-state index is 13.3. The van der Waals surface area contributed by atoms with Crippen LogP contribution in [0.2, 0.25) is 0 Å². The van der Waals surface area contributed by atoms with Gasteiger partial charge >= 0.3 is 0 Å². The van der Waals surface area contributed by atoms with Gasteiger partial charge in [-0.15, -0.1) is 0 Å². The predicted octanol–water partition coefficient (Wildman–Crippen LogP) is 2.51. The lowest BCUT2D eigenvalue weighted by Gasteiger charge is -2.31. The first-order valence-electron chi connectivity index (χ1n) is 10.3. The Bertz CT molecular complexity index is 1010. The molecule has 2 aromatic rings. The van der Waals surface area contributed by atoms with E-state index in [1.165, 1.54) is 0 Å². The maximum atomic E-state index is 13.3. The number of methoxy groups -OCH3 is 1. The summed E-state index contributed by atoms with van der Waals surface area (Å²) in [7, 11) is 1.56. The van der Waals surface area contributed by atoms with Crippen LogP contribution in [0.25, 0.3) is 0 Å². The summed E-state index contributed by atoms with van der Waals surface area (Å²) >= 11 is 0. The fourth-order valence-corrected chi connectivity index (χ4v) is 4.04. The van der Waals surface area contributed by atoms with Crippen LogP contribution in [-0.4, -0.2) is 73.1 Å². The van der Waals surface area contributed by atoms with E-state index in [0.717, 1.165) is 13.1 Å². The number of benzene rings is 1. The minimum Gasteiger partial charge on any atom is -0.503 e. The number of carbonyl (C=O) groups excluding carboxylic acids is 2. The number of Topliss-reactive ketones (excluding diaryl/α,β-unsaturated/α-hetero) is 1. The third kappa shape index (κ3) is 4.22. The van der Waals surface area contributed by atoms with Gasteiger partial charge in [0.15, 0.2) is 11.5 Å². The van der Waals surface area contributed by atoms with Gasteiger partial charge in [-0.2, -0.15) is 0 Å². The second kappa shape index (κ2) is 8.95. The largest absolute Gasteiger partial charge is 0.503 e. The molecule has 0 spiro atoms. The molecule has 1 aromatic carbocycles. The molecule has 2 aliphatic heterocycles. The molecule has 3 heterocycles. The quantitative estimate of drug-likeness (QED) is 0.680. The van der Waals surface area contributed by atoms with E-state index in [2.05, 4.69) is 4.90 Å². The van der Waals surface area contributed by atoms with E-state index in [9.17, 15) is 14.7 Å². The zero-order valence-corrected chi connectivity index (χ0v) is 17.7. The van der Waals surface area contributed by atoms with Crippen LogP contribution in [0, 0.1) is 6.92 Å². The maximum Gasteiger partial charge on any atom is 0.290 e. The van der Waals surface area contributed by atoms with Crippen LogP contribution in [0.1, 0.15) is 27.9 Å². The van der Waals surface area contributed by atoms with Crippen LogP contribution >= 0.6 is 0 Å². The molecule has 1 aromatic heterocycles. The van der Waals surface area contributed by atoms with E-state index in [-0.39, 0.29) is 11.3 Å². The van der Waals surface area contributed by atoms with Crippen molar-refractivity contribution in [3.63, 3.8) is 0 Å². The number of amides is 1. The molecule has 1 amide bonds. The highest BCUT2D eigenvalue weighted by molar-refractivity contribution is 6.15. The number of nitrogens with zero attached hydrogens (tertiary/aromatic N) is 2. The Hall–Kier alpha value is -3.10. The molecule has 0 radical (unpaired) electrons. The molecule has 0 bridgehead atoms. The van der Waals surface area contributed by atoms with Crippen molar-refractivity contribution in [3.8, 4) is 5.75 Å². The molecule has 8 heteroatoms. The number of hydrogen-bond acceptors (Lipinski definition) is 7. The van der Waals surface area contributed by atoms with Crippen molar-refractivity contribution >= 4 is 11.7 Å². The summed E-state index contributed by atoms with van der Waals surface area (Å²) in [5, 5.41) is 10.7. The van der Waals surface area contributed by atoms with E-state index in [4.69, 9.17) is 13.9 Å². The molecular weight excluding hydrogens is 400 g/mol.